The average molecular weight is 359 g/mol. The molecule has 0 radical (unpaired) electrons. The number of aromatic nitrogens is 2. The maximum Gasteiger partial charge on any atom is 0.261 e. The van der Waals surface area contributed by atoms with Gasteiger partial charge in [-0.05, 0) is 13.1 Å². The molecule has 3 rings (SSSR count). The van der Waals surface area contributed by atoms with E-state index in [4.69, 9.17) is 14.0 Å². The van der Waals surface area contributed by atoms with Crippen LogP contribution in [0.2, 0.25) is 0 Å². The van der Waals surface area contributed by atoms with Gasteiger partial charge in [0.15, 0.2) is 17.3 Å². The van der Waals surface area contributed by atoms with Crippen LogP contribution in [-0.4, -0.2) is 55.9 Å². The molecule has 0 amide bonds. The summed E-state index contributed by atoms with van der Waals surface area (Å²) >= 11 is 0. The summed E-state index contributed by atoms with van der Waals surface area (Å²) in [6.45, 7) is 2.53. The molecule has 9 heteroatoms. The Kier molecular flexibility index (Phi) is 5.98. The molecule has 0 aliphatic carbocycles. The van der Waals surface area contributed by atoms with Crippen molar-refractivity contribution >= 4 is 12.4 Å². The predicted molar refractivity (Wildman–Crippen MR) is 88.3 cm³/mol. The lowest BCUT2D eigenvalue weighted by atomic mass is 10.1. The van der Waals surface area contributed by atoms with E-state index in [1.54, 1.807) is 0 Å². The second kappa shape index (κ2) is 7.78. The molecule has 2 heterocycles. The molecule has 1 atom stereocenters. The largest absolute Gasteiger partial charge is 0.493 e. The van der Waals surface area contributed by atoms with Crippen LogP contribution in [0.3, 0.4) is 0 Å². The second-order valence-electron chi connectivity index (χ2n) is 5.35. The zero-order valence-electron chi connectivity index (χ0n) is 13.7. The first-order chi connectivity index (χ1) is 11.1. The lowest BCUT2D eigenvalue weighted by Gasteiger charge is -2.30. The zero-order valence-corrected chi connectivity index (χ0v) is 14.5. The van der Waals surface area contributed by atoms with Crippen molar-refractivity contribution in [2.45, 2.75) is 6.04 Å². The summed E-state index contributed by atoms with van der Waals surface area (Å²) in [5, 5.41) is 7.28. The van der Waals surface area contributed by atoms with Gasteiger partial charge in [0.05, 0.1) is 25.8 Å². The Bertz CT molecular complexity index is 697. The van der Waals surface area contributed by atoms with E-state index in [9.17, 15) is 4.39 Å². The average Bonchev–Trinajstić information content (AvgIpc) is 3.04. The van der Waals surface area contributed by atoms with Crippen molar-refractivity contribution in [2.24, 2.45) is 0 Å². The fraction of sp³-hybridized carbons (Fsp3) is 0.467. The molecule has 1 saturated heterocycles. The SMILES string of the molecule is COc1cc(F)c(-c2nc(C3CNCCN3C)no2)cc1OC.Cl. The van der Waals surface area contributed by atoms with Crippen molar-refractivity contribution in [3.05, 3.63) is 23.8 Å². The molecule has 1 aliphatic heterocycles. The fourth-order valence-corrected chi connectivity index (χ4v) is 2.59. The van der Waals surface area contributed by atoms with Gasteiger partial charge in [0.1, 0.15) is 5.82 Å². The summed E-state index contributed by atoms with van der Waals surface area (Å²) in [5.41, 5.74) is 0.188. The third kappa shape index (κ3) is 3.45. The van der Waals surface area contributed by atoms with Gasteiger partial charge < -0.3 is 19.3 Å². The number of rotatable bonds is 4. The number of likely N-dealkylation sites (N-methyl/N-ethyl adjacent to an activating group) is 1. The van der Waals surface area contributed by atoms with Gasteiger partial charge in [-0.15, -0.1) is 12.4 Å². The highest BCUT2D eigenvalue weighted by molar-refractivity contribution is 5.85. The molecule has 7 nitrogen and oxygen atoms in total. The zero-order chi connectivity index (χ0) is 16.4. The highest BCUT2D eigenvalue weighted by atomic mass is 35.5. The van der Waals surface area contributed by atoms with Crippen molar-refractivity contribution in [2.75, 3.05) is 40.9 Å². The monoisotopic (exact) mass is 358 g/mol. The first-order valence-corrected chi connectivity index (χ1v) is 7.30. The molecular weight excluding hydrogens is 339 g/mol. The molecule has 0 bridgehead atoms. The van der Waals surface area contributed by atoms with Crippen LogP contribution in [0.25, 0.3) is 11.5 Å². The Balaban J connectivity index is 0.00000208. The van der Waals surface area contributed by atoms with Crippen molar-refractivity contribution in [3.8, 4) is 23.0 Å². The van der Waals surface area contributed by atoms with Crippen LogP contribution in [0, 0.1) is 5.82 Å². The molecule has 0 spiro atoms. The molecule has 1 unspecified atom stereocenters. The summed E-state index contributed by atoms with van der Waals surface area (Å²) in [5.74, 6) is 0.860. The van der Waals surface area contributed by atoms with Gasteiger partial charge in [-0.3, -0.25) is 4.90 Å². The Morgan fingerprint density at radius 3 is 2.67 bits per heavy atom. The van der Waals surface area contributed by atoms with Crippen LogP contribution in [0.1, 0.15) is 11.9 Å². The van der Waals surface area contributed by atoms with Gasteiger partial charge in [-0.2, -0.15) is 4.98 Å². The molecule has 1 aliphatic rings. The molecule has 1 N–H and O–H groups in total. The van der Waals surface area contributed by atoms with Crippen LogP contribution in [-0.2, 0) is 0 Å². The van der Waals surface area contributed by atoms with Crippen LogP contribution in [0.15, 0.2) is 16.7 Å². The van der Waals surface area contributed by atoms with Gasteiger partial charge in [0, 0.05) is 25.7 Å². The van der Waals surface area contributed by atoms with E-state index in [0.29, 0.717) is 17.3 Å². The minimum Gasteiger partial charge on any atom is -0.493 e. The van der Waals surface area contributed by atoms with Crippen molar-refractivity contribution in [1.82, 2.24) is 20.4 Å². The number of ether oxygens (including phenoxy) is 2. The summed E-state index contributed by atoms with van der Waals surface area (Å²) in [6, 6.07) is 2.74. The van der Waals surface area contributed by atoms with Crippen LogP contribution >= 0.6 is 12.4 Å². The number of benzene rings is 1. The summed E-state index contributed by atoms with van der Waals surface area (Å²) in [4.78, 5) is 6.49. The van der Waals surface area contributed by atoms with Gasteiger partial charge in [-0.1, -0.05) is 5.16 Å². The summed E-state index contributed by atoms with van der Waals surface area (Å²) in [6.07, 6.45) is 0. The lowest BCUT2D eigenvalue weighted by Crippen LogP contribution is -2.44. The van der Waals surface area contributed by atoms with Gasteiger partial charge in [0.25, 0.3) is 5.89 Å². The topological polar surface area (TPSA) is 72.7 Å². The Labute approximate surface area is 145 Å². The fourth-order valence-electron chi connectivity index (χ4n) is 2.59. The lowest BCUT2D eigenvalue weighted by molar-refractivity contribution is 0.190. The van der Waals surface area contributed by atoms with Gasteiger partial charge >= 0.3 is 0 Å². The molecule has 132 valence electrons. The van der Waals surface area contributed by atoms with E-state index in [0.717, 1.165) is 19.6 Å². The van der Waals surface area contributed by atoms with E-state index in [-0.39, 0.29) is 29.9 Å². The number of nitrogens with zero attached hydrogens (tertiary/aromatic N) is 3. The quantitative estimate of drug-likeness (QED) is 0.894. The maximum atomic E-state index is 14.3. The second-order valence-corrected chi connectivity index (χ2v) is 5.35. The van der Waals surface area contributed by atoms with E-state index in [1.807, 2.05) is 7.05 Å². The van der Waals surface area contributed by atoms with Gasteiger partial charge in [0.2, 0.25) is 0 Å². The normalized spacial score (nSPS) is 18.1. The molecular formula is C15H20ClFN4O3. The number of halogens is 2. The Morgan fingerprint density at radius 2 is 2.00 bits per heavy atom. The van der Waals surface area contributed by atoms with Crippen molar-refractivity contribution in [3.63, 3.8) is 0 Å². The number of hydrogen-bond acceptors (Lipinski definition) is 7. The van der Waals surface area contributed by atoms with E-state index < -0.39 is 5.82 Å². The molecule has 2 aromatic rings. The third-order valence-electron chi connectivity index (χ3n) is 3.95. The molecule has 24 heavy (non-hydrogen) atoms. The van der Waals surface area contributed by atoms with E-state index in [1.165, 1.54) is 26.4 Å². The number of methoxy groups -OCH3 is 2. The highest BCUT2D eigenvalue weighted by Crippen LogP contribution is 2.34. The van der Waals surface area contributed by atoms with Crippen molar-refractivity contribution < 1.29 is 18.4 Å². The van der Waals surface area contributed by atoms with Crippen LogP contribution in [0.4, 0.5) is 4.39 Å². The predicted octanol–water partition coefficient (Wildman–Crippen LogP) is 1.89. The number of nitrogens with one attached hydrogen (secondary N) is 1. The highest BCUT2D eigenvalue weighted by Gasteiger charge is 2.26. The molecule has 1 fully saturated rings. The number of piperazine rings is 1. The molecule has 1 aromatic heterocycles. The minimum absolute atomic E-state index is 0. The first kappa shape index (κ1) is 18.4. The first-order valence-electron chi connectivity index (χ1n) is 7.30. The van der Waals surface area contributed by atoms with E-state index in [2.05, 4.69) is 20.4 Å². The third-order valence-corrected chi connectivity index (χ3v) is 3.95. The molecule has 0 saturated carbocycles. The number of hydrogen-bond donors (Lipinski definition) is 1. The molecule has 1 aromatic carbocycles. The van der Waals surface area contributed by atoms with Crippen LogP contribution in [0.5, 0.6) is 11.5 Å². The smallest absolute Gasteiger partial charge is 0.261 e. The Hall–Kier alpha value is -1.90. The summed E-state index contributed by atoms with van der Waals surface area (Å²) in [7, 11) is 4.94. The van der Waals surface area contributed by atoms with Gasteiger partial charge in [-0.25, -0.2) is 4.39 Å². The van der Waals surface area contributed by atoms with Crippen molar-refractivity contribution in [1.29, 1.82) is 0 Å². The van der Waals surface area contributed by atoms with E-state index >= 15 is 0 Å². The standard InChI is InChI=1S/C15H19FN4O3.ClH/c1-20-5-4-17-8-11(20)14-18-15(23-19-14)9-6-12(21-2)13(22-3)7-10(9)16;/h6-7,11,17H,4-5,8H2,1-3H3;1H. The minimum atomic E-state index is -0.507. The maximum absolute atomic E-state index is 14.3. The van der Waals surface area contributed by atoms with Crippen LogP contribution < -0.4 is 14.8 Å². The summed E-state index contributed by atoms with van der Waals surface area (Å²) < 4.78 is 29.8. The Morgan fingerprint density at radius 1 is 1.29 bits per heavy atom.